The highest BCUT2D eigenvalue weighted by atomic mass is 35.5. The van der Waals surface area contributed by atoms with E-state index in [1.165, 1.54) is 0 Å². The van der Waals surface area contributed by atoms with E-state index in [1.807, 2.05) is 6.07 Å². The van der Waals surface area contributed by atoms with Gasteiger partial charge in [0.25, 0.3) is 0 Å². The SMILES string of the molecule is NC(c1ccccc1Cl)C1(C(=O)O)CC1. The Balaban J connectivity index is 2.33. The lowest BCUT2D eigenvalue weighted by Gasteiger charge is -2.20. The van der Waals surface area contributed by atoms with Gasteiger partial charge in [-0.2, -0.15) is 0 Å². The highest BCUT2D eigenvalue weighted by molar-refractivity contribution is 6.31. The van der Waals surface area contributed by atoms with Crippen molar-refractivity contribution in [2.24, 2.45) is 11.1 Å². The zero-order chi connectivity index (χ0) is 11.1. The molecule has 0 saturated heterocycles. The van der Waals surface area contributed by atoms with Crippen molar-refractivity contribution in [2.45, 2.75) is 18.9 Å². The Kier molecular flexibility index (Phi) is 2.44. The highest BCUT2D eigenvalue weighted by Crippen LogP contribution is 2.54. The zero-order valence-corrected chi connectivity index (χ0v) is 8.87. The average molecular weight is 226 g/mol. The van der Waals surface area contributed by atoms with E-state index in [1.54, 1.807) is 18.2 Å². The van der Waals surface area contributed by atoms with Crippen LogP contribution in [0, 0.1) is 5.41 Å². The quantitative estimate of drug-likeness (QED) is 0.829. The van der Waals surface area contributed by atoms with Crippen LogP contribution in [0.1, 0.15) is 24.4 Å². The topological polar surface area (TPSA) is 63.3 Å². The molecular formula is C11H12ClNO2. The summed E-state index contributed by atoms with van der Waals surface area (Å²) in [6, 6.07) is 6.63. The summed E-state index contributed by atoms with van der Waals surface area (Å²) in [6.07, 6.45) is 1.27. The van der Waals surface area contributed by atoms with Gasteiger partial charge in [-0.1, -0.05) is 29.8 Å². The molecule has 3 N–H and O–H groups in total. The fourth-order valence-corrected chi connectivity index (χ4v) is 2.07. The van der Waals surface area contributed by atoms with Crippen molar-refractivity contribution in [1.82, 2.24) is 0 Å². The van der Waals surface area contributed by atoms with E-state index in [-0.39, 0.29) is 0 Å². The summed E-state index contributed by atoms with van der Waals surface area (Å²) in [4.78, 5) is 11.1. The Morgan fingerprint density at radius 1 is 1.47 bits per heavy atom. The number of carboxylic acids is 1. The van der Waals surface area contributed by atoms with Crippen molar-refractivity contribution in [2.75, 3.05) is 0 Å². The van der Waals surface area contributed by atoms with E-state index < -0.39 is 17.4 Å². The molecule has 0 aromatic heterocycles. The Hall–Kier alpha value is -1.06. The number of aliphatic carboxylic acids is 1. The largest absolute Gasteiger partial charge is 0.481 e. The van der Waals surface area contributed by atoms with Gasteiger partial charge in [-0.05, 0) is 24.5 Å². The van der Waals surface area contributed by atoms with E-state index in [2.05, 4.69) is 0 Å². The summed E-state index contributed by atoms with van der Waals surface area (Å²) < 4.78 is 0. The van der Waals surface area contributed by atoms with Crippen LogP contribution in [-0.4, -0.2) is 11.1 Å². The Labute approximate surface area is 92.8 Å². The van der Waals surface area contributed by atoms with Crippen LogP contribution in [0.5, 0.6) is 0 Å². The number of hydrogen-bond acceptors (Lipinski definition) is 2. The molecule has 0 bridgehead atoms. The maximum absolute atomic E-state index is 11.1. The molecule has 1 aromatic rings. The van der Waals surface area contributed by atoms with Gasteiger partial charge in [-0.25, -0.2) is 0 Å². The molecule has 1 fully saturated rings. The van der Waals surface area contributed by atoms with Crippen LogP contribution >= 0.6 is 11.6 Å². The highest BCUT2D eigenvalue weighted by Gasteiger charge is 2.55. The summed E-state index contributed by atoms with van der Waals surface area (Å²) in [5, 5.41) is 9.64. The smallest absolute Gasteiger partial charge is 0.311 e. The normalized spacial score (nSPS) is 19.6. The number of benzene rings is 1. The number of rotatable bonds is 3. The monoisotopic (exact) mass is 225 g/mol. The molecule has 1 aliphatic rings. The summed E-state index contributed by atoms with van der Waals surface area (Å²) in [5.74, 6) is -0.824. The maximum Gasteiger partial charge on any atom is 0.311 e. The first-order chi connectivity index (χ1) is 7.08. The standard InChI is InChI=1S/C11H12ClNO2/c12-8-4-2-1-3-7(8)9(13)11(5-6-11)10(14)15/h1-4,9H,5-6,13H2,(H,14,15). The molecule has 2 rings (SSSR count). The minimum absolute atomic E-state index is 0.510. The third kappa shape index (κ3) is 1.62. The van der Waals surface area contributed by atoms with Crippen LogP contribution < -0.4 is 5.73 Å². The number of halogens is 1. The predicted molar refractivity (Wildman–Crippen MR) is 57.7 cm³/mol. The van der Waals surface area contributed by atoms with E-state index >= 15 is 0 Å². The second kappa shape index (κ2) is 3.51. The molecule has 15 heavy (non-hydrogen) atoms. The van der Waals surface area contributed by atoms with E-state index in [0.717, 1.165) is 5.56 Å². The zero-order valence-electron chi connectivity index (χ0n) is 8.11. The fourth-order valence-electron chi connectivity index (χ4n) is 1.82. The lowest BCUT2D eigenvalue weighted by Crippen LogP contribution is -2.30. The lowest BCUT2D eigenvalue weighted by atomic mass is 9.91. The van der Waals surface area contributed by atoms with Crippen molar-refractivity contribution in [3.63, 3.8) is 0 Å². The number of nitrogens with two attached hydrogens (primary N) is 1. The molecule has 1 atom stereocenters. The van der Waals surface area contributed by atoms with Crippen molar-refractivity contribution in [3.05, 3.63) is 34.9 Å². The minimum atomic E-state index is -0.824. The molecule has 4 heteroatoms. The first-order valence-corrected chi connectivity index (χ1v) is 5.19. The van der Waals surface area contributed by atoms with Gasteiger partial charge in [0.1, 0.15) is 0 Å². The fraction of sp³-hybridized carbons (Fsp3) is 0.364. The van der Waals surface area contributed by atoms with Crippen molar-refractivity contribution >= 4 is 17.6 Å². The summed E-state index contributed by atoms with van der Waals surface area (Å²) in [6.45, 7) is 0. The van der Waals surface area contributed by atoms with Gasteiger partial charge in [0.15, 0.2) is 0 Å². The van der Waals surface area contributed by atoms with Gasteiger partial charge < -0.3 is 10.8 Å². The molecule has 1 unspecified atom stereocenters. The molecule has 1 aromatic carbocycles. The Morgan fingerprint density at radius 3 is 2.53 bits per heavy atom. The first-order valence-electron chi connectivity index (χ1n) is 4.81. The third-order valence-electron chi connectivity index (χ3n) is 3.05. The molecule has 80 valence electrons. The average Bonchev–Trinajstić information content (AvgIpc) is 2.98. The predicted octanol–water partition coefficient (Wildman–Crippen LogP) is 2.20. The second-order valence-electron chi connectivity index (χ2n) is 3.96. The summed E-state index contributed by atoms with van der Waals surface area (Å²) >= 11 is 5.98. The van der Waals surface area contributed by atoms with Crippen LogP contribution in [-0.2, 0) is 4.79 Å². The van der Waals surface area contributed by atoms with Crippen LogP contribution in [0.3, 0.4) is 0 Å². The van der Waals surface area contributed by atoms with Crippen LogP contribution in [0.15, 0.2) is 24.3 Å². The molecule has 0 amide bonds. The number of hydrogen-bond donors (Lipinski definition) is 2. The number of carbonyl (C=O) groups is 1. The van der Waals surface area contributed by atoms with Crippen molar-refractivity contribution in [3.8, 4) is 0 Å². The van der Waals surface area contributed by atoms with E-state index in [9.17, 15) is 4.79 Å². The van der Waals surface area contributed by atoms with Crippen molar-refractivity contribution in [1.29, 1.82) is 0 Å². The van der Waals surface area contributed by atoms with Crippen molar-refractivity contribution < 1.29 is 9.90 Å². The van der Waals surface area contributed by atoms with Crippen LogP contribution in [0.4, 0.5) is 0 Å². The van der Waals surface area contributed by atoms with E-state index in [4.69, 9.17) is 22.4 Å². The molecule has 0 spiro atoms. The Morgan fingerprint density at radius 2 is 2.07 bits per heavy atom. The molecule has 0 aliphatic heterocycles. The van der Waals surface area contributed by atoms with Gasteiger partial charge in [0.2, 0.25) is 0 Å². The third-order valence-corrected chi connectivity index (χ3v) is 3.39. The summed E-state index contributed by atoms with van der Waals surface area (Å²) in [7, 11) is 0. The molecule has 1 aliphatic carbocycles. The van der Waals surface area contributed by atoms with Gasteiger partial charge in [0.05, 0.1) is 5.41 Å². The van der Waals surface area contributed by atoms with Gasteiger partial charge in [0, 0.05) is 11.1 Å². The molecule has 3 nitrogen and oxygen atoms in total. The van der Waals surface area contributed by atoms with Gasteiger partial charge in [-0.3, -0.25) is 4.79 Å². The molecule has 1 saturated carbocycles. The molecule has 0 heterocycles. The van der Waals surface area contributed by atoms with Gasteiger partial charge >= 0.3 is 5.97 Å². The minimum Gasteiger partial charge on any atom is -0.481 e. The lowest BCUT2D eigenvalue weighted by molar-refractivity contribution is -0.144. The Bertz CT molecular complexity index is 401. The summed E-state index contributed by atoms with van der Waals surface area (Å²) in [5.41, 5.74) is 5.91. The number of carboxylic acid groups (broad SMARTS) is 1. The molecular weight excluding hydrogens is 214 g/mol. The van der Waals surface area contributed by atoms with Gasteiger partial charge in [-0.15, -0.1) is 0 Å². The van der Waals surface area contributed by atoms with Crippen LogP contribution in [0.25, 0.3) is 0 Å². The van der Waals surface area contributed by atoms with E-state index in [0.29, 0.717) is 17.9 Å². The maximum atomic E-state index is 11.1. The van der Waals surface area contributed by atoms with Crippen LogP contribution in [0.2, 0.25) is 5.02 Å². The molecule has 0 radical (unpaired) electrons. The second-order valence-corrected chi connectivity index (χ2v) is 4.37. The first kappa shape index (κ1) is 10.5.